The zero-order valence-electron chi connectivity index (χ0n) is 17.2. The monoisotopic (exact) mass is 412 g/mol. The minimum atomic E-state index is 0.0212. The normalized spacial score (nSPS) is 16.2. The van der Waals surface area contributed by atoms with Crippen LogP contribution in [0.3, 0.4) is 0 Å². The Hall–Kier alpha value is -2.28. The van der Waals surface area contributed by atoms with Gasteiger partial charge >= 0.3 is 0 Å². The number of amides is 2. The summed E-state index contributed by atoms with van der Waals surface area (Å²) in [7, 11) is 0. The first-order chi connectivity index (χ1) is 14.1. The minimum Gasteiger partial charge on any atom is -0.338 e. The average Bonchev–Trinajstić information content (AvgIpc) is 3.41. The van der Waals surface area contributed by atoms with Gasteiger partial charge in [-0.1, -0.05) is 12.1 Å². The fourth-order valence-corrected chi connectivity index (χ4v) is 4.65. The number of aromatic nitrogens is 2. The lowest BCUT2D eigenvalue weighted by atomic mass is 10.0. The number of likely N-dealkylation sites (tertiary alicyclic amines) is 1. The molecule has 1 saturated heterocycles. The SMILES string of the molecule is CCn1nc(C(=O)N2CCCC2)c2c1CCN(C(=O)Cc1ccc(SC)cc1)C2. The van der Waals surface area contributed by atoms with Crippen molar-refractivity contribution in [3.63, 3.8) is 0 Å². The molecule has 1 aromatic carbocycles. The second-order valence-corrected chi connectivity index (χ2v) is 8.56. The van der Waals surface area contributed by atoms with Gasteiger partial charge in [-0.2, -0.15) is 5.10 Å². The van der Waals surface area contributed by atoms with E-state index in [4.69, 9.17) is 0 Å². The Morgan fingerprint density at radius 3 is 2.45 bits per heavy atom. The molecule has 0 N–H and O–H groups in total. The zero-order chi connectivity index (χ0) is 20.4. The number of fused-ring (bicyclic) bond motifs is 1. The number of carbonyl (C=O) groups excluding carboxylic acids is 2. The second-order valence-electron chi connectivity index (χ2n) is 7.68. The molecule has 6 nitrogen and oxygen atoms in total. The molecule has 7 heteroatoms. The van der Waals surface area contributed by atoms with Gasteiger partial charge in [0, 0.05) is 55.3 Å². The molecule has 0 spiro atoms. The van der Waals surface area contributed by atoms with Crippen molar-refractivity contribution in [2.75, 3.05) is 25.9 Å². The van der Waals surface area contributed by atoms with Crippen LogP contribution in [0, 0.1) is 0 Å². The number of carbonyl (C=O) groups is 2. The number of thioether (sulfide) groups is 1. The molecule has 0 unspecified atom stereocenters. The highest BCUT2D eigenvalue weighted by Gasteiger charge is 2.32. The fraction of sp³-hybridized carbons (Fsp3) is 0.500. The van der Waals surface area contributed by atoms with Gasteiger partial charge in [-0.05, 0) is 43.7 Å². The first kappa shape index (κ1) is 20.0. The Balaban J connectivity index is 1.52. The van der Waals surface area contributed by atoms with E-state index in [1.54, 1.807) is 11.8 Å². The molecule has 1 fully saturated rings. The lowest BCUT2D eigenvalue weighted by Gasteiger charge is -2.28. The van der Waals surface area contributed by atoms with Crippen molar-refractivity contribution in [1.29, 1.82) is 0 Å². The van der Waals surface area contributed by atoms with Crippen LogP contribution < -0.4 is 0 Å². The van der Waals surface area contributed by atoms with Crippen LogP contribution in [-0.2, 0) is 30.7 Å². The van der Waals surface area contributed by atoms with Crippen LogP contribution in [0.4, 0.5) is 0 Å². The zero-order valence-corrected chi connectivity index (χ0v) is 18.0. The molecule has 2 aromatic rings. The van der Waals surface area contributed by atoms with Gasteiger partial charge in [-0.25, -0.2) is 0 Å². The van der Waals surface area contributed by atoms with E-state index < -0.39 is 0 Å². The molecule has 0 aliphatic carbocycles. The number of aryl methyl sites for hydroxylation is 1. The lowest BCUT2D eigenvalue weighted by molar-refractivity contribution is -0.131. The highest BCUT2D eigenvalue weighted by atomic mass is 32.2. The molecule has 0 atom stereocenters. The molecule has 29 heavy (non-hydrogen) atoms. The Morgan fingerprint density at radius 2 is 1.79 bits per heavy atom. The van der Waals surface area contributed by atoms with Crippen molar-refractivity contribution in [2.45, 2.75) is 50.6 Å². The molecule has 2 amide bonds. The van der Waals surface area contributed by atoms with E-state index in [0.717, 1.165) is 55.7 Å². The van der Waals surface area contributed by atoms with Gasteiger partial charge in [-0.15, -0.1) is 11.8 Å². The van der Waals surface area contributed by atoms with Crippen molar-refractivity contribution >= 4 is 23.6 Å². The smallest absolute Gasteiger partial charge is 0.274 e. The number of benzene rings is 1. The van der Waals surface area contributed by atoms with Gasteiger partial charge in [0.25, 0.3) is 5.91 Å². The summed E-state index contributed by atoms with van der Waals surface area (Å²) in [5, 5.41) is 4.64. The fourth-order valence-electron chi connectivity index (χ4n) is 4.24. The summed E-state index contributed by atoms with van der Waals surface area (Å²) in [4.78, 5) is 30.9. The summed E-state index contributed by atoms with van der Waals surface area (Å²) in [6.45, 7) is 5.56. The third-order valence-electron chi connectivity index (χ3n) is 5.90. The molecule has 3 heterocycles. The van der Waals surface area contributed by atoms with Crippen LogP contribution in [0.25, 0.3) is 0 Å². The maximum atomic E-state index is 13.0. The van der Waals surface area contributed by atoms with Crippen molar-refractivity contribution in [1.82, 2.24) is 19.6 Å². The van der Waals surface area contributed by atoms with Crippen LogP contribution in [-0.4, -0.2) is 57.3 Å². The van der Waals surface area contributed by atoms with Gasteiger partial charge in [0.05, 0.1) is 6.42 Å². The average molecular weight is 413 g/mol. The van der Waals surface area contributed by atoms with E-state index in [2.05, 4.69) is 17.2 Å². The van der Waals surface area contributed by atoms with Gasteiger partial charge in [0.2, 0.25) is 5.91 Å². The van der Waals surface area contributed by atoms with Crippen molar-refractivity contribution in [3.05, 3.63) is 46.8 Å². The Morgan fingerprint density at radius 1 is 1.07 bits per heavy atom. The summed E-state index contributed by atoms with van der Waals surface area (Å²) in [6, 6.07) is 8.16. The topological polar surface area (TPSA) is 58.4 Å². The summed E-state index contributed by atoms with van der Waals surface area (Å²) in [6.07, 6.45) is 5.30. The predicted octanol–water partition coefficient (Wildman–Crippen LogP) is 2.99. The summed E-state index contributed by atoms with van der Waals surface area (Å²) in [5.41, 5.74) is 3.63. The van der Waals surface area contributed by atoms with Crippen LogP contribution in [0.2, 0.25) is 0 Å². The third kappa shape index (κ3) is 4.06. The first-order valence-electron chi connectivity index (χ1n) is 10.4. The summed E-state index contributed by atoms with van der Waals surface area (Å²) < 4.78 is 1.95. The highest BCUT2D eigenvalue weighted by Crippen LogP contribution is 2.26. The first-order valence-corrected chi connectivity index (χ1v) is 11.6. The quantitative estimate of drug-likeness (QED) is 0.709. The van der Waals surface area contributed by atoms with E-state index in [-0.39, 0.29) is 11.8 Å². The van der Waals surface area contributed by atoms with Gasteiger partial charge in [0.1, 0.15) is 0 Å². The van der Waals surface area contributed by atoms with Gasteiger partial charge in [-0.3, -0.25) is 14.3 Å². The maximum absolute atomic E-state index is 13.0. The summed E-state index contributed by atoms with van der Waals surface area (Å²) in [5.74, 6) is 0.129. The second kappa shape index (κ2) is 8.61. The number of rotatable bonds is 5. The predicted molar refractivity (Wildman–Crippen MR) is 114 cm³/mol. The number of hydrogen-bond acceptors (Lipinski definition) is 4. The minimum absolute atomic E-state index is 0.0212. The van der Waals surface area contributed by atoms with Gasteiger partial charge < -0.3 is 9.80 Å². The molecule has 4 rings (SSSR count). The standard InChI is InChI=1S/C22H28N4O2S/c1-3-26-19-10-13-25(20(27)14-16-6-8-17(29-2)9-7-16)15-18(19)21(23-26)22(28)24-11-4-5-12-24/h6-9H,3-5,10-15H2,1-2H3. The van der Waals surface area contributed by atoms with Crippen molar-refractivity contribution in [3.8, 4) is 0 Å². The number of hydrogen-bond donors (Lipinski definition) is 0. The highest BCUT2D eigenvalue weighted by molar-refractivity contribution is 7.98. The van der Waals surface area contributed by atoms with E-state index in [1.807, 2.05) is 39.8 Å². The molecule has 0 saturated carbocycles. The Kier molecular flexibility index (Phi) is 5.94. The molecule has 1 aromatic heterocycles. The Labute approximate surface area is 176 Å². The molecule has 0 bridgehead atoms. The molecular weight excluding hydrogens is 384 g/mol. The maximum Gasteiger partial charge on any atom is 0.274 e. The molecule has 154 valence electrons. The van der Waals surface area contributed by atoms with Crippen LogP contribution in [0.5, 0.6) is 0 Å². The largest absolute Gasteiger partial charge is 0.338 e. The van der Waals surface area contributed by atoms with Crippen molar-refractivity contribution in [2.24, 2.45) is 0 Å². The molecule has 0 radical (unpaired) electrons. The lowest BCUT2D eigenvalue weighted by Crippen LogP contribution is -2.38. The third-order valence-corrected chi connectivity index (χ3v) is 6.64. The van der Waals surface area contributed by atoms with E-state index >= 15 is 0 Å². The van der Waals surface area contributed by atoms with Crippen molar-refractivity contribution < 1.29 is 9.59 Å². The Bertz CT molecular complexity index is 900. The van der Waals surface area contributed by atoms with E-state index in [9.17, 15) is 9.59 Å². The van der Waals surface area contributed by atoms with Crippen LogP contribution in [0.15, 0.2) is 29.2 Å². The summed E-state index contributed by atoms with van der Waals surface area (Å²) >= 11 is 1.70. The molecular formula is C22H28N4O2S. The molecule has 2 aliphatic rings. The van der Waals surface area contributed by atoms with Crippen LogP contribution in [0.1, 0.15) is 47.1 Å². The van der Waals surface area contributed by atoms with E-state index in [1.165, 1.54) is 4.90 Å². The van der Waals surface area contributed by atoms with Gasteiger partial charge in [0.15, 0.2) is 5.69 Å². The van der Waals surface area contributed by atoms with Crippen LogP contribution >= 0.6 is 11.8 Å². The van der Waals surface area contributed by atoms with E-state index in [0.29, 0.717) is 25.2 Å². The number of nitrogens with zero attached hydrogens (tertiary/aromatic N) is 4. The molecule has 2 aliphatic heterocycles.